The van der Waals surface area contributed by atoms with Crippen molar-refractivity contribution in [1.82, 2.24) is 25.3 Å². The lowest BCUT2D eigenvalue weighted by molar-refractivity contribution is -0.206. The highest BCUT2D eigenvalue weighted by molar-refractivity contribution is 5.93. The normalized spacial score (nSPS) is 15.5. The summed E-state index contributed by atoms with van der Waals surface area (Å²) in [6.07, 6.45) is -2.78. The fourth-order valence-electron chi connectivity index (χ4n) is 3.46. The number of aromatic carboxylic acids is 1. The van der Waals surface area contributed by atoms with Crippen LogP contribution in [0, 0.1) is 5.41 Å². The van der Waals surface area contributed by atoms with Crippen molar-refractivity contribution >= 4 is 11.9 Å². The highest BCUT2D eigenvalue weighted by atomic mass is 19.4. The zero-order valence-electron chi connectivity index (χ0n) is 17.7. The Morgan fingerprint density at radius 2 is 1.85 bits per heavy atom. The minimum absolute atomic E-state index is 0.0108. The molecule has 0 radical (unpaired) electrons. The van der Waals surface area contributed by atoms with Gasteiger partial charge in [0.1, 0.15) is 11.4 Å². The number of pyridine rings is 1. The molecular formula is C22H20F3N5O4. The third kappa shape index (κ3) is 5.22. The summed E-state index contributed by atoms with van der Waals surface area (Å²) in [4.78, 5) is 27.1. The molecule has 1 fully saturated rings. The average molecular weight is 475 g/mol. The zero-order valence-corrected chi connectivity index (χ0v) is 17.7. The fourth-order valence-corrected chi connectivity index (χ4v) is 3.46. The molecule has 12 heteroatoms. The monoisotopic (exact) mass is 475 g/mol. The van der Waals surface area contributed by atoms with Crippen LogP contribution in [0.25, 0.3) is 11.3 Å². The highest BCUT2D eigenvalue weighted by Gasteiger charge is 2.43. The number of nitrogens with zero attached hydrogens (tertiary/aromatic N) is 4. The molecule has 34 heavy (non-hydrogen) atoms. The van der Waals surface area contributed by atoms with Crippen molar-refractivity contribution in [3.05, 3.63) is 65.6 Å². The number of carboxylic acid groups (broad SMARTS) is 1. The van der Waals surface area contributed by atoms with E-state index in [1.54, 1.807) is 10.9 Å². The van der Waals surface area contributed by atoms with E-state index in [-0.39, 0.29) is 22.2 Å². The van der Waals surface area contributed by atoms with Gasteiger partial charge in [-0.3, -0.25) is 14.5 Å². The number of aliphatic hydroxyl groups excluding tert-OH is 1. The van der Waals surface area contributed by atoms with Gasteiger partial charge in [0.15, 0.2) is 6.10 Å². The van der Waals surface area contributed by atoms with E-state index in [4.69, 9.17) is 5.11 Å². The topological polar surface area (TPSA) is 130 Å². The smallest absolute Gasteiger partial charge is 0.418 e. The number of alkyl halides is 3. The van der Waals surface area contributed by atoms with Gasteiger partial charge in [-0.15, -0.1) is 5.10 Å². The number of hydrogen-bond acceptors (Lipinski definition) is 6. The summed E-state index contributed by atoms with van der Waals surface area (Å²) in [6.45, 7) is 0.851. The molecule has 1 amide bonds. The van der Waals surface area contributed by atoms with Crippen molar-refractivity contribution in [2.45, 2.75) is 31.7 Å². The van der Waals surface area contributed by atoms with Gasteiger partial charge in [0.2, 0.25) is 0 Å². The molecule has 1 saturated carbocycles. The largest absolute Gasteiger partial charge is 0.478 e. The summed E-state index contributed by atoms with van der Waals surface area (Å²) in [5.74, 6) is -1.54. The Labute approximate surface area is 191 Å². The SMILES string of the molecule is O=C(O)c1ccc(C(=O)NCC2(Cn3cc(-c4ccc(C(O)C(F)(F)F)cc4)nn3)CC2)nc1. The Kier molecular flexibility index (Phi) is 6.09. The van der Waals surface area contributed by atoms with E-state index in [9.17, 15) is 27.9 Å². The molecule has 1 aliphatic carbocycles. The summed E-state index contributed by atoms with van der Waals surface area (Å²) in [6, 6.07) is 7.93. The number of rotatable bonds is 8. The van der Waals surface area contributed by atoms with Crippen molar-refractivity contribution in [3.8, 4) is 11.3 Å². The number of nitrogens with one attached hydrogen (secondary N) is 1. The maximum atomic E-state index is 12.7. The first-order valence-corrected chi connectivity index (χ1v) is 10.3. The number of carbonyl (C=O) groups excluding carboxylic acids is 1. The number of benzene rings is 1. The van der Waals surface area contributed by atoms with Crippen molar-refractivity contribution in [2.75, 3.05) is 6.54 Å². The molecule has 4 rings (SSSR count). The molecule has 0 bridgehead atoms. The summed E-state index contributed by atoms with van der Waals surface area (Å²) in [7, 11) is 0. The summed E-state index contributed by atoms with van der Waals surface area (Å²) in [5.41, 5.74) is 0.659. The molecule has 9 nitrogen and oxygen atoms in total. The molecule has 178 valence electrons. The number of carboxylic acids is 1. The third-order valence-electron chi connectivity index (χ3n) is 5.69. The van der Waals surface area contributed by atoms with Crippen LogP contribution in [0.3, 0.4) is 0 Å². The standard InChI is InChI=1S/C22H20F3N5O4/c23-22(24,25)18(31)14-3-1-13(2-4-14)17-10-30(29-28-17)12-21(7-8-21)11-27-19(32)16-6-5-15(9-26-16)20(33)34/h1-6,9-10,18,31H,7-8,11-12H2,(H,27,32)(H,33,34). The molecule has 0 spiro atoms. The number of carbonyl (C=O) groups is 2. The molecule has 3 aromatic rings. The van der Waals surface area contributed by atoms with E-state index in [0.29, 0.717) is 24.3 Å². The Morgan fingerprint density at radius 3 is 2.41 bits per heavy atom. The Bertz CT molecular complexity index is 1190. The van der Waals surface area contributed by atoms with E-state index in [0.717, 1.165) is 19.0 Å². The number of amides is 1. The second-order valence-electron chi connectivity index (χ2n) is 8.29. The minimum atomic E-state index is -4.74. The van der Waals surface area contributed by atoms with Crippen LogP contribution in [-0.2, 0) is 6.54 Å². The van der Waals surface area contributed by atoms with Gasteiger partial charge in [-0.2, -0.15) is 13.2 Å². The van der Waals surface area contributed by atoms with Gasteiger partial charge in [-0.05, 0) is 30.5 Å². The predicted molar refractivity (Wildman–Crippen MR) is 112 cm³/mol. The molecule has 3 N–H and O–H groups in total. The maximum absolute atomic E-state index is 12.7. The quantitative estimate of drug-likeness (QED) is 0.457. The summed E-state index contributed by atoms with van der Waals surface area (Å²) in [5, 5.41) is 29.2. The van der Waals surface area contributed by atoms with Gasteiger partial charge in [0, 0.05) is 30.3 Å². The van der Waals surface area contributed by atoms with Crippen LogP contribution >= 0.6 is 0 Å². The van der Waals surface area contributed by atoms with Crippen LogP contribution in [0.15, 0.2) is 48.8 Å². The van der Waals surface area contributed by atoms with E-state index in [2.05, 4.69) is 20.6 Å². The first kappa shape index (κ1) is 23.4. The lowest BCUT2D eigenvalue weighted by atomic mass is 10.1. The average Bonchev–Trinajstić information content (AvgIpc) is 3.42. The summed E-state index contributed by atoms with van der Waals surface area (Å²) < 4.78 is 39.6. The Hall–Kier alpha value is -3.80. The second kappa shape index (κ2) is 8.86. The van der Waals surface area contributed by atoms with Gasteiger partial charge < -0.3 is 15.5 Å². The fraction of sp³-hybridized carbons (Fsp3) is 0.318. The molecule has 0 aliphatic heterocycles. The number of hydrogen-bond donors (Lipinski definition) is 3. The van der Waals surface area contributed by atoms with Gasteiger partial charge in [0.05, 0.1) is 11.8 Å². The highest BCUT2D eigenvalue weighted by Crippen LogP contribution is 2.46. The van der Waals surface area contributed by atoms with E-state index < -0.39 is 24.2 Å². The van der Waals surface area contributed by atoms with Crippen LogP contribution in [-0.4, -0.2) is 54.8 Å². The van der Waals surface area contributed by atoms with Crippen LogP contribution in [0.5, 0.6) is 0 Å². The van der Waals surface area contributed by atoms with E-state index in [1.807, 2.05) is 0 Å². The van der Waals surface area contributed by atoms with Crippen molar-refractivity contribution in [3.63, 3.8) is 0 Å². The van der Waals surface area contributed by atoms with Crippen LogP contribution in [0.2, 0.25) is 0 Å². The maximum Gasteiger partial charge on any atom is 0.418 e. The molecule has 2 aromatic heterocycles. The zero-order chi connectivity index (χ0) is 24.5. The Morgan fingerprint density at radius 1 is 1.15 bits per heavy atom. The molecule has 1 unspecified atom stereocenters. The van der Waals surface area contributed by atoms with Gasteiger partial charge in [0.25, 0.3) is 5.91 Å². The molecule has 1 aliphatic rings. The first-order valence-electron chi connectivity index (χ1n) is 10.3. The van der Waals surface area contributed by atoms with Crippen LogP contribution < -0.4 is 5.32 Å². The lowest BCUT2D eigenvalue weighted by Gasteiger charge is -2.15. The Balaban J connectivity index is 1.35. The van der Waals surface area contributed by atoms with Crippen molar-refractivity contribution < 1.29 is 33.0 Å². The summed E-state index contributed by atoms with van der Waals surface area (Å²) >= 11 is 0. The van der Waals surface area contributed by atoms with Crippen LogP contribution in [0.4, 0.5) is 13.2 Å². The number of aliphatic hydroxyl groups is 1. The molecule has 0 saturated heterocycles. The van der Waals surface area contributed by atoms with Gasteiger partial charge in [-0.25, -0.2) is 4.79 Å². The third-order valence-corrected chi connectivity index (χ3v) is 5.69. The molecule has 1 aromatic carbocycles. The van der Waals surface area contributed by atoms with Crippen molar-refractivity contribution in [2.24, 2.45) is 5.41 Å². The van der Waals surface area contributed by atoms with Gasteiger partial charge >= 0.3 is 12.1 Å². The predicted octanol–water partition coefficient (Wildman–Crippen LogP) is 2.84. The number of aromatic nitrogens is 4. The minimum Gasteiger partial charge on any atom is -0.478 e. The molecule has 1 atom stereocenters. The second-order valence-corrected chi connectivity index (χ2v) is 8.29. The van der Waals surface area contributed by atoms with E-state index in [1.165, 1.54) is 36.4 Å². The van der Waals surface area contributed by atoms with Crippen LogP contribution in [0.1, 0.15) is 45.4 Å². The van der Waals surface area contributed by atoms with Crippen molar-refractivity contribution in [1.29, 1.82) is 0 Å². The van der Waals surface area contributed by atoms with Gasteiger partial charge in [-0.1, -0.05) is 29.5 Å². The lowest BCUT2D eigenvalue weighted by Crippen LogP contribution is -2.33. The number of halogens is 3. The molecule has 2 heterocycles. The molecular weight excluding hydrogens is 455 g/mol. The first-order chi connectivity index (χ1) is 16.1. The van der Waals surface area contributed by atoms with E-state index >= 15 is 0 Å².